The molecular weight excluding hydrogens is 398 g/mol. The van der Waals surface area contributed by atoms with Crippen molar-refractivity contribution in [2.75, 3.05) is 0 Å². The number of halogens is 2. The van der Waals surface area contributed by atoms with Crippen molar-refractivity contribution in [3.8, 4) is 0 Å². The highest BCUT2D eigenvalue weighted by Crippen LogP contribution is 2.71. The van der Waals surface area contributed by atoms with Gasteiger partial charge in [-0.15, -0.1) is 12.6 Å². The monoisotopic (exact) mass is 426 g/mol. The first-order valence-electron chi connectivity index (χ1n) is 10.3. The Labute approximate surface area is 174 Å². The second-order valence-corrected chi connectivity index (χ2v) is 10.2. The van der Waals surface area contributed by atoms with Gasteiger partial charge in [0, 0.05) is 16.7 Å². The number of carbonyl (C=O) groups is 2. The summed E-state index contributed by atoms with van der Waals surface area (Å²) in [7, 11) is 0. The smallest absolute Gasteiger partial charge is 0.218 e. The van der Waals surface area contributed by atoms with Crippen molar-refractivity contribution in [1.29, 1.82) is 0 Å². The topological polar surface area (TPSA) is 74.6 Å². The predicted octanol–water partition coefficient (Wildman–Crippen LogP) is 3.13. The molecule has 0 heterocycles. The third-order valence-corrected chi connectivity index (χ3v) is 9.18. The number of ketones is 1. The van der Waals surface area contributed by atoms with E-state index in [1.165, 1.54) is 19.1 Å². The maximum absolute atomic E-state index is 16.9. The summed E-state index contributed by atoms with van der Waals surface area (Å²) in [5, 5.41) is 21.9. The van der Waals surface area contributed by atoms with Gasteiger partial charge in [-0.1, -0.05) is 26.3 Å². The third kappa shape index (κ3) is 2.27. The van der Waals surface area contributed by atoms with Crippen molar-refractivity contribution in [3.63, 3.8) is 0 Å². The van der Waals surface area contributed by atoms with Crippen molar-refractivity contribution in [3.05, 3.63) is 23.8 Å². The SMILES string of the molecule is CC[C@@H]1C[C@H]2[C@@H]3C[C@H](F)C4=CC(=O)C=C[C@]4(C)[C@@]3(F)[C@@H](O)C[C@]2(C)[C@@]1(O)C(=O)S. The minimum atomic E-state index is -2.20. The molecule has 3 saturated carbocycles. The molecule has 0 radical (unpaired) electrons. The molecule has 0 aromatic heterocycles. The van der Waals surface area contributed by atoms with Gasteiger partial charge in [0.05, 0.1) is 6.10 Å². The fourth-order valence-corrected chi connectivity index (χ4v) is 7.69. The summed E-state index contributed by atoms with van der Waals surface area (Å²) in [4.78, 5) is 24.3. The van der Waals surface area contributed by atoms with Crippen LogP contribution in [0.1, 0.15) is 46.5 Å². The van der Waals surface area contributed by atoms with E-state index in [2.05, 4.69) is 12.6 Å². The van der Waals surface area contributed by atoms with Crippen molar-refractivity contribution in [1.82, 2.24) is 0 Å². The molecular formula is C22H28F2O4S. The number of fused-ring (bicyclic) bond motifs is 5. The van der Waals surface area contributed by atoms with Gasteiger partial charge in [0.1, 0.15) is 11.8 Å². The van der Waals surface area contributed by atoms with Gasteiger partial charge in [-0.25, -0.2) is 8.78 Å². The standard InChI is InChI=1S/C22H28F2O4S/c1-4-11-7-13-14-9-16(23)15-8-12(25)5-6-19(15,2)21(14,24)17(26)10-20(13,3)22(11,28)18(27)29/h5-6,8,11,13-14,16-17,26,28H,4,7,9-10H2,1-3H3,(H,27,29)/t11-,13+,14+,16+,17+,19+,20+,21+,22+/m1/s1. The minimum absolute atomic E-state index is 0.0666. The predicted molar refractivity (Wildman–Crippen MR) is 107 cm³/mol. The van der Waals surface area contributed by atoms with E-state index >= 15 is 8.78 Å². The summed E-state index contributed by atoms with van der Waals surface area (Å²) in [6, 6.07) is 0. The second-order valence-electron chi connectivity index (χ2n) is 9.77. The summed E-state index contributed by atoms with van der Waals surface area (Å²) in [6.07, 6.45) is 1.25. The molecule has 4 aliphatic rings. The molecule has 3 fully saturated rings. The van der Waals surface area contributed by atoms with Crippen molar-refractivity contribution in [2.24, 2.45) is 28.6 Å². The normalized spacial score (nSPS) is 53.7. The Bertz CT molecular complexity index is 843. The second kappa shape index (κ2) is 6.24. The lowest BCUT2D eigenvalue weighted by molar-refractivity contribution is -0.221. The van der Waals surface area contributed by atoms with Gasteiger partial charge in [-0.3, -0.25) is 9.59 Å². The van der Waals surface area contributed by atoms with E-state index in [9.17, 15) is 19.8 Å². The number of carbonyl (C=O) groups excluding carboxylic acids is 2. The van der Waals surface area contributed by atoms with Crippen LogP contribution in [0.15, 0.2) is 23.8 Å². The van der Waals surface area contributed by atoms with Crippen LogP contribution in [-0.2, 0) is 9.59 Å². The Kier molecular flexibility index (Phi) is 4.56. The van der Waals surface area contributed by atoms with Gasteiger partial charge < -0.3 is 10.2 Å². The van der Waals surface area contributed by atoms with E-state index in [0.717, 1.165) is 6.08 Å². The highest BCUT2D eigenvalue weighted by molar-refractivity contribution is 7.96. The molecule has 4 aliphatic carbocycles. The van der Waals surface area contributed by atoms with Gasteiger partial charge in [-0.2, -0.15) is 0 Å². The summed E-state index contributed by atoms with van der Waals surface area (Å²) in [5.74, 6) is -2.23. The van der Waals surface area contributed by atoms with Crippen molar-refractivity contribution < 1.29 is 28.6 Å². The number of aliphatic hydroxyl groups excluding tert-OH is 1. The molecule has 0 saturated heterocycles. The van der Waals surface area contributed by atoms with Crippen LogP contribution in [-0.4, -0.2) is 44.7 Å². The number of thiol groups is 1. The average molecular weight is 427 g/mol. The minimum Gasteiger partial charge on any atom is -0.390 e. The number of alkyl halides is 2. The molecule has 29 heavy (non-hydrogen) atoms. The van der Waals surface area contributed by atoms with Crippen LogP contribution in [0.25, 0.3) is 0 Å². The molecule has 0 unspecified atom stereocenters. The quantitative estimate of drug-likeness (QED) is 0.593. The molecule has 0 aliphatic heterocycles. The summed E-state index contributed by atoms with van der Waals surface area (Å²) in [5.41, 5.74) is -6.52. The number of hydrogen-bond acceptors (Lipinski definition) is 4. The first-order chi connectivity index (χ1) is 13.4. The van der Waals surface area contributed by atoms with Crippen LogP contribution in [0, 0.1) is 28.6 Å². The Balaban J connectivity index is 1.89. The molecule has 4 nitrogen and oxygen atoms in total. The van der Waals surface area contributed by atoms with E-state index in [0.29, 0.717) is 12.8 Å². The summed E-state index contributed by atoms with van der Waals surface area (Å²) >= 11 is 3.95. The molecule has 7 heteroatoms. The zero-order valence-corrected chi connectivity index (χ0v) is 17.8. The van der Waals surface area contributed by atoms with Crippen molar-refractivity contribution >= 4 is 23.5 Å². The van der Waals surface area contributed by atoms with E-state index < -0.39 is 57.2 Å². The van der Waals surface area contributed by atoms with E-state index in [1.807, 2.05) is 6.92 Å². The first-order valence-corrected chi connectivity index (χ1v) is 10.7. The van der Waals surface area contributed by atoms with E-state index in [-0.39, 0.29) is 24.2 Å². The Morgan fingerprint density at radius 1 is 1.31 bits per heavy atom. The molecule has 2 N–H and O–H groups in total. The zero-order chi connectivity index (χ0) is 21.6. The Hall–Kier alpha value is -1.05. The lowest BCUT2D eigenvalue weighted by atomic mass is 9.44. The maximum atomic E-state index is 16.9. The lowest BCUT2D eigenvalue weighted by Gasteiger charge is -2.62. The van der Waals surface area contributed by atoms with Gasteiger partial charge in [0.15, 0.2) is 11.5 Å². The largest absolute Gasteiger partial charge is 0.390 e. The lowest BCUT2D eigenvalue weighted by Crippen LogP contribution is -2.70. The Morgan fingerprint density at radius 3 is 2.55 bits per heavy atom. The number of hydrogen-bond donors (Lipinski definition) is 3. The van der Waals surface area contributed by atoms with Crippen LogP contribution in [0.5, 0.6) is 0 Å². The average Bonchev–Trinajstić information content (AvgIpc) is 2.88. The van der Waals surface area contributed by atoms with Crippen LogP contribution in [0.4, 0.5) is 8.78 Å². The zero-order valence-electron chi connectivity index (χ0n) is 16.9. The first kappa shape index (κ1) is 21.2. The highest BCUT2D eigenvalue weighted by atomic mass is 32.1. The molecule has 160 valence electrons. The molecule has 9 atom stereocenters. The van der Waals surface area contributed by atoms with Gasteiger partial charge in [0.25, 0.3) is 0 Å². The number of allylic oxidation sites excluding steroid dienone is 4. The van der Waals surface area contributed by atoms with Crippen LogP contribution < -0.4 is 0 Å². The van der Waals surface area contributed by atoms with Crippen LogP contribution >= 0.6 is 12.6 Å². The fraction of sp³-hybridized carbons (Fsp3) is 0.727. The number of rotatable bonds is 2. The van der Waals surface area contributed by atoms with Crippen LogP contribution in [0.3, 0.4) is 0 Å². The van der Waals surface area contributed by atoms with Gasteiger partial charge in [0.2, 0.25) is 5.12 Å². The maximum Gasteiger partial charge on any atom is 0.218 e. The molecule has 0 aromatic rings. The molecule has 0 amide bonds. The third-order valence-electron chi connectivity index (χ3n) is 8.84. The summed E-state index contributed by atoms with van der Waals surface area (Å²) < 4.78 is 32.2. The summed E-state index contributed by atoms with van der Waals surface area (Å²) in [6.45, 7) is 5.09. The molecule has 4 rings (SSSR count). The van der Waals surface area contributed by atoms with Gasteiger partial charge in [-0.05, 0) is 55.7 Å². The van der Waals surface area contributed by atoms with Crippen LogP contribution in [0.2, 0.25) is 0 Å². The molecule has 0 bridgehead atoms. The molecule has 0 aromatic carbocycles. The fourth-order valence-electron chi connectivity index (χ4n) is 7.25. The number of aliphatic hydroxyl groups is 2. The van der Waals surface area contributed by atoms with E-state index in [4.69, 9.17) is 0 Å². The van der Waals surface area contributed by atoms with Crippen molar-refractivity contribution in [2.45, 2.75) is 70.0 Å². The Morgan fingerprint density at radius 2 is 1.97 bits per heavy atom. The van der Waals surface area contributed by atoms with Gasteiger partial charge >= 0.3 is 0 Å². The highest BCUT2D eigenvalue weighted by Gasteiger charge is 2.76. The molecule has 0 spiro atoms. The van der Waals surface area contributed by atoms with E-state index in [1.54, 1.807) is 6.92 Å².